The molecule has 0 bridgehead atoms. The fourth-order valence-electron chi connectivity index (χ4n) is 2.54. The number of nitrogens with one attached hydrogen (secondary N) is 2. The highest BCUT2D eigenvalue weighted by molar-refractivity contribution is 9.10. The molecule has 1 aromatic heterocycles. The van der Waals surface area contributed by atoms with Crippen molar-refractivity contribution in [3.63, 3.8) is 0 Å². The summed E-state index contributed by atoms with van der Waals surface area (Å²) in [5.41, 5.74) is 1.60. The van der Waals surface area contributed by atoms with Crippen molar-refractivity contribution in [2.45, 2.75) is 12.5 Å². The molecule has 100 valence electrons. The molecule has 1 fully saturated rings. The number of nitrogens with zero attached hydrogens (tertiary/aromatic N) is 1. The quantitative estimate of drug-likeness (QED) is 0.892. The number of aromatic amines is 1. The molecule has 5 heteroatoms. The number of hydrogen-bond donors (Lipinski definition) is 2. The summed E-state index contributed by atoms with van der Waals surface area (Å²) in [6, 6.07) is 8.11. The lowest BCUT2D eigenvalue weighted by molar-refractivity contribution is 0.0934. The Bertz CT molecular complexity index is 622. The van der Waals surface area contributed by atoms with Crippen molar-refractivity contribution in [1.82, 2.24) is 15.2 Å². The molecule has 1 aliphatic rings. The number of carbonyl (C=O) groups is 1. The number of rotatable bonds is 2. The summed E-state index contributed by atoms with van der Waals surface area (Å²) in [5, 5.41) is 4.13. The number of likely N-dealkylation sites (N-methyl/N-ethyl adjacent to an activating group) is 1. The van der Waals surface area contributed by atoms with Crippen LogP contribution in [-0.4, -0.2) is 42.0 Å². The standard InChI is InChI=1S/C14H16BrN3O/c1-18-5-4-11(8-18)16-14(19)13-6-9-2-3-10(15)7-12(9)17-13/h2-3,6-7,11,17H,4-5,8H2,1H3,(H,16,19). The first-order chi connectivity index (χ1) is 9.11. The van der Waals surface area contributed by atoms with Crippen LogP contribution in [0.15, 0.2) is 28.7 Å². The molecular weight excluding hydrogens is 306 g/mol. The smallest absolute Gasteiger partial charge is 0.267 e. The maximum atomic E-state index is 12.2. The minimum absolute atomic E-state index is 0.0207. The first-order valence-corrected chi connectivity index (χ1v) is 7.19. The summed E-state index contributed by atoms with van der Waals surface area (Å²) in [5.74, 6) is -0.0207. The molecule has 0 saturated carbocycles. The fraction of sp³-hybridized carbons (Fsp3) is 0.357. The second-order valence-electron chi connectivity index (χ2n) is 5.14. The van der Waals surface area contributed by atoms with Crippen molar-refractivity contribution in [3.8, 4) is 0 Å². The molecule has 0 spiro atoms. The van der Waals surface area contributed by atoms with Gasteiger partial charge in [-0.1, -0.05) is 22.0 Å². The maximum Gasteiger partial charge on any atom is 0.267 e. The van der Waals surface area contributed by atoms with E-state index in [9.17, 15) is 4.79 Å². The normalized spacial score (nSPS) is 20.0. The van der Waals surface area contributed by atoms with E-state index in [1.807, 2.05) is 24.3 Å². The predicted octanol–water partition coefficient (Wildman–Crippen LogP) is 2.36. The molecule has 1 saturated heterocycles. The Hall–Kier alpha value is -1.33. The molecule has 1 aliphatic heterocycles. The third kappa shape index (κ3) is 2.67. The molecule has 1 amide bonds. The van der Waals surface area contributed by atoms with Crippen LogP contribution >= 0.6 is 15.9 Å². The molecule has 2 heterocycles. The lowest BCUT2D eigenvalue weighted by Crippen LogP contribution is -2.36. The number of likely N-dealkylation sites (tertiary alicyclic amines) is 1. The summed E-state index contributed by atoms with van der Waals surface area (Å²) in [4.78, 5) is 17.6. The van der Waals surface area contributed by atoms with E-state index in [1.165, 1.54) is 0 Å². The third-order valence-corrected chi connectivity index (χ3v) is 4.05. The zero-order valence-electron chi connectivity index (χ0n) is 10.7. The highest BCUT2D eigenvalue weighted by Gasteiger charge is 2.22. The highest BCUT2D eigenvalue weighted by Crippen LogP contribution is 2.20. The second kappa shape index (κ2) is 4.98. The molecule has 2 N–H and O–H groups in total. The Morgan fingerprint density at radius 3 is 3.05 bits per heavy atom. The average molecular weight is 322 g/mol. The van der Waals surface area contributed by atoms with Gasteiger partial charge in [-0.3, -0.25) is 4.79 Å². The minimum Gasteiger partial charge on any atom is -0.350 e. The number of hydrogen-bond acceptors (Lipinski definition) is 2. The van der Waals surface area contributed by atoms with Crippen LogP contribution in [0.3, 0.4) is 0 Å². The van der Waals surface area contributed by atoms with Gasteiger partial charge in [-0.25, -0.2) is 0 Å². The second-order valence-corrected chi connectivity index (χ2v) is 6.05. The minimum atomic E-state index is -0.0207. The molecule has 1 unspecified atom stereocenters. The molecule has 1 aromatic carbocycles. The van der Waals surface area contributed by atoms with Crippen LogP contribution in [0.1, 0.15) is 16.9 Å². The van der Waals surface area contributed by atoms with Crippen LogP contribution in [0.25, 0.3) is 10.9 Å². The number of amides is 1. The summed E-state index contributed by atoms with van der Waals surface area (Å²) in [6.45, 7) is 1.97. The molecule has 2 aromatic rings. The van der Waals surface area contributed by atoms with Gasteiger partial charge in [0.05, 0.1) is 0 Å². The van der Waals surface area contributed by atoms with Gasteiger partial charge in [0.1, 0.15) is 5.69 Å². The Kier molecular flexibility index (Phi) is 3.33. The van der Waals surface area contributed by atoms with Crippen LogP contribution in [0.4, 0.5) is 0 Å². The van der Waals surface area contributed by atoms with Gasteiger partial charge in [0.15, 0.2) is 0 Å². The predicted molar refractivity (Wildman–Crippen MR) is 79.4 cm³/mol. The first-order valence-electron chi connectivity index (χ1n) is 6.39. The van der Waals surface area contributed by atoms with E-state index in [0.717, 1.165) is 34.9 Å². The molecule has 0 radical (unpaired) electrons. The van der Waals surface area contributed by atoms with Gasteiger partial charge >= 0.3 is 0 Å². The van der Waals surface area contributed by atoms with E-state index in [2.05, 4.69) is 38.2 Å². The van der Waals surface area contributed by atoms with Gasteiger partial charge in [-0.05, 0) is 38.2 Å². The highest BCUT2D eigenvalue weighted by atomic mass is 79.9. The first kappa shape index (κ1) is 12.7. The van der Waals surface area contributed by atoms with Crippen molar-refractivity contribution in [2.75, 3.05) is 20.1 Å². The lowest BCUT2D eigenvalue weighted by Gasteiger charge is -2.11. The molecular formula is C14H16BrN3O. The molecule has 19 heavy (non-hydrogen) atoms. The van der Waals surface area contributed by atoms with Crippen LogP contribution in [0, 0.1) is 0 Å². The van der Waals surface area contributed by atoms with Crippen molar-refractivity contribution < 1.29 is 4.79 Å². The van der Waals surface area contributed by atoms with E-state index in [-0.39, 0.29) is 11.9 Å². The molecule has 4 nitrogen and oxygen atoms in total. The number of H-pyrrole nitrogens is 1. The van der Waals surface area contributed by atoms with E-state index in [4.69, 9.17) is 0 Å². The summed E-state index contributed by atoms with van der Waals surface area (Å²) >= 11 is 3.43. The Labute approximate surface area is 120 Å². The van der Waals surface area contributed by atoms with Gasteiger partial charge in [-0.15, -0.1) is 0 Å². The van der Waals surface area contributed by atoms with E-state index in [0.29, 0.717) is 5.69 Å². The summed E-state index contributed by atoms with van der Waals surface area (Å²) in [6.07, 6.45) is 1.02. The molecule has 0 aliphatic carbocycles. The van der Waals surface area contributed by atoms with Gasteiger partial charge in [0.2, 0.25) is 0 Å². The summed E-state index contributed by atoms with van der Waals surface area (Å²) in [7, 11) is 2.08. The number of fused-ring (bicyclic) bond motifs is 1. The van der Waals surface area contributed by atoms with Gasteiger partial charge in [0, 0.05) is 28.0 Å². The fourth-order valence-corrected chi connectivity index (χ4v) is 2.90. The van der Waals surface area contributed by atoms with Gasteiger partial charge < -0.3 is 15.2 Å². The lowest BCUT2D eigenvalue weighted by atomic mass is 10.2. The van der Waals surface area contributed by atoms with Crippen LogP contribution < -0.4 is 5.32 Å². The average Bonchev–Trinajstić information content (AvgIpc) is 2.95. The zero-order valence-corrected chi connectivity index (χ0v) is 12.3. The molecule has 3 rings (SSSR count). The maximum absolute atomic E-state index is 12.2. The summed E-state index contributed by atoms with van der Waals surface area (Å²) < 4.78 is 1.01. The number of aromatic nitrogens is 1. The van der Waals surface area contributed by atoms with Crippen molar-refractivity contribution in [3.05, 3.63) is 34.4 Å². The monoisotopic (exact) mass is 321 g/mol. The SMILES string of the molecule is CN1CCC(NC(=O)c2cc3ccc(Br)cc3[nH]2)C1. The van der Waals surface area contributed by atoms with Gasteiger partial charge in [0.25, 0.3) is 5.91 Å². The largest absolute Gasteiger partial charge is 0.350 e. The van der Waals surface area contributed by atoms with Crippen molar-refractivity contribution in [1.29, 1.82) is 0 Å². The Balaban J connectivity index is 1.78. The van der Waals surface area contributed by atoms with E-state index < -0.39 is 0 Å². The molecule has 1 atom stereocenters. The van der Waals surface area contributed by atoms with Crippen LogP contribution in [-0.2, 0) is 0 Å². The van der Waals surface area contributed by atoms with E-state index >= 15 is 0 Å². The number of halogens is 1. The third-order valence-electron chi connectivity index (χ3n) is 3.56. The Morgan fingerprint density at radius 2 is 2.32 bits per heavy atom. The zero-order chi connectivity index (χ0) is 13.4. The topological polar surface area (TPSA) is 48.1 Å². The van der Waals surface area contributed by atoms with Crippen molar-refractivity contribution in [2.24, 2.45) is 0 Å². The number of carbonyl (C=O) groups excluding carboxylic acids is 1. The van der Waals surface area contributed by atoms with Gasteiger partial charge in [-0.2, -0.15) is 0 Å². The van der Waals surface area contributed by atoms with Crippen LogP contribution in [0.2, 0.25) is 0 Å². The van der Waals surface area contributed by atoms with Crippen LogP contribution in [0.5, 0.6) is 0 Å². The Morgan fingerprint density at radius 1 is 1.47 bits per heavy atom. The number of benzene rings is 1. The van der Waals surface area contributed by atoms with E-state index in [1.54, 1.807) is 0 Å². The van der Waals surface area contributed by atoms with Crippen molar-refractivity contribution >= 4 is 32.7 Å².